The van der Waals surface area contributed by atoms with E-state index in [1.807, 2.05) is 6.07 Å². The van der Waals surface area contributed by atoms with Crippen LogP contribution in [-0.2, 0) is 57.5 Å². The molecule has 0 aromatic heterocycles. The van der Waals surface area contributed by atoms with E-state index in [0.29, 0.717) is 18.4 Å². The van der Waals surface area contributed by atoms with Crippen LogP contribution in [0.2, 0.25) is 0 Å². The number of carbonyl (C=O) groups excluding carboxylic acids is 1. The number of sulfonamides is 1. The number of amides is 1. The molecule has 1 amide bonds. The Hall–Kier alpha value is -2.53. The lowest BCUT2D eigenvalue weighted by atomic mass is 9.98. The van der Waals surface area contributed by atoms with Crippen LogP contribution in [0.4, 0.5) is 5.69 Å². The van der Waals surface area contributed by atoms with Crippen LogP contribution < -0.4 is 10.0 Å². The van der Waals surface area contributed by atoms with Gasteiger partial charge in [-0.3, -0.25) is 9.00 Å². The molecule has 1 fully saturated rings. The van der Waals surface area contributed by atoms with Gasteiger partial charge in [0.1, 0.15) is 0 Å². The van der Waals surface area contributed by atoms with Crippen LogP contribution in [0.5, 0.6) is 0 Å². The molecule has 2 aromatic rings. The van der Waals surface area contributed by atoms with Crippen LogP contribution in [0.25, 0.3) is 0 Å². The highest BCUT2D eigenvalue weighted by molar-refractivity contribution is 7.88. The number of aryl methyl sites for hydroxylation is 2. The molecule has 5 rings (SSSR count). The molecule has 36 heavy (non-hydrogen) atoms. The minimum atomic E-state index is -3.74. The second kappa shape index (κ2) is 10.5. The first-order valence-corrected chi connectivity index (χ1v) is 15.1. The number of hydrogen-bond acceptors (Lipinski definition) is 5. The first-order valence-electron chi connectivity index (χ1n) is 12.4. The van der Waals surface area contributed by atoms with Gasteiger partial charge in [0.15, 0.2) is 0 Å². The van der Waals surface area contributed by atoms with Gasteiger partial charge in [0.2, 0.25) is 10.0 Å². The third-order valence-corrected chi connectivity index (χ3v) is 9.56. The number of fused-ring (bicyclic) bond motifs is 2. The van der Waals surface area contributed by atoms with Crippen molar-refractivity contribution in [2.75, 3.05) is 11.9 Å². The summed E-state index contributed by atoms with van der Waals surface area (Å²) < 4.78 is 52.9. The molecule has 2 atom stereocenters. The number of nitrogens with one attached hydrogen (secondary N) is 2. The summed E-state index contributed by atoms with van der Waals surface area (Å²) in [6.45, 7) is 0.279. The van der Waals surface area contributed by atoms with E-state index in [1.54, 1.807) is 24.3 Å². The summed E-state index contributed by atoms with van der Waals surface area (Å²) in [5.74, 6) is -0.644. The van der Waals surface area contributed by atoms with Gasteiger partial charge in [-0.2, -0.15) is 4.31 Å². The van der Waals surface area contributed by atoms with Crippen LogP contribution in [0.3, 0.4) is 0 Å². The first-order chi connectivity index (χ1) is 17.3. The van der Waals surface area contributed by atoms with Crippen molar-refractivity contribution < 1.29 is 22.0 Å². The maximum Gasteiger partial charge on any atom is 0.254 e. The number of nitrogens with zero attached hydrogens (tertiary/aromatic N) is 1. The first kappa shape index (κ1) is 25.1. The fourth-order valence-corrected chi connectivity index (χ4v) is 7.85. The van der Waals surface area contributed by atoms with Gasteiger partial charge in [-0.05, 0) is 79.2 Å². The van der Waals surface area contributed by atoms with E-state index in [1.165, 1.54) is 15.4 Å². The summed E-state index contributed by atoms with van der Waals surface area (Å²) in [6.07, 6.45) is 7.98. The summed E-state index contributed by atoms with van der Waals surface area (Å²) in [5, 5.41) is 3.10. The van der Waals surface area contributed by atoms with E-state index in [9.17, 15) is 22.0 Å². The predicted molar refractivity (Wildman–Crippen MR) is 138 cm³/mol. The molecule has 0 radical (unpaired) electrons. The maximum absolute atomic E-state index is 13.7. The Morgan fingerprint density at radius 3 is 2.36 bits per heavy atom. The van der Waals surface area contributed by atoms with Crippen molar-refractivity contribution in [1.29, 1.82) is 0 Å². The Morgan fingerprint density at radius 2 is 1.72 bits per heavy atom. The fraction of sp³-hybridized carbons (Fsp3) is 0.423. The molecule has 1 aliphatic heterocycles. The third-order valence-electron chi connectivity index (χ3n) is 7.40. The van der Waals surface area contributed by atoms with Crippen LogP contribution in [-0.4, -0.2) is 40.0 Å². The lowest BCUT2D eigenvalue weighted by Gasteiger charge is -2.27. The monoisotopic (exact) mass is 528 g/mol. The van der Waals surface area contributed by atoms with Crippen molar-refractivity contribution in [2.24, 2.45) is 0 Å². The van der Waals surface area contributed by atoms with Crippen molar-refractivity contribution in [2.45, 2.75) is 63.2 Å². The summed E-state index contributed by atoms with van der Waals surface area (Å²) in [7, 11) is -3.74. The van der Waals surface area contributed by atoms with Gasteiger partial charge < -0.3 is 14.6 Å². The van der Waals surface area contributed by atoms with Crippen molar-refractivity contribution >= 4 is 32.9 Å². The summed E-state index contributed by atoms with van der Waals surface area (Å²) in [5.41, 5.74) is 6.45. The van der Waals surface area contributed by atoms with Crippen molar-refractivity contribution in [3.63, 3.8) is 0 Å². The number of hydrogen-bond donors (Lipinski definition) is 2. The Balaban J connectivity index is 1.46. The number of carbonyl (C=O) groups is 1. The lowest BCUT2D eigenvalue weighted by Crippen LogP contribution is -2.41. The highest BCUT2D eigenvalue weighted by Crippen LogP contribution is 2.39. The molecule has 1 heterocycles. The second-order valence-electron chi connectivity index (χ2n) is 9.65. The van der Waals surface area contributed by atoms with E-state index in [-0.39, 0.29) is 17.9 Å². The van der Waals surface area contributed by atoms with Gasteiger partial charge in [-0.25, -0.2) is 8.42 Å². The van der Waals surface area contributed by atoms with E-state index in [4.69, 9.17) is 0 Å². The van der Waals surface area contributed by atoms with Crippen LogP contribution in [0.1, 0.15) is 53.5 Å². The van der Waals surface area contributed by atoms with Crippen LogP contribution >= 0.6 is 0 Å². The smallest absolute Gasteiger partial charge is 0.254 e. The largest absolute Gasteiger partial charge is 0.755 e. The molecular weight excluding hydrogens is 498 g/mol. The van der Waals surface area contributed by atoms with Crippen LogP contribution in [0, 0.1) is 0 Å². The standard InChI is InChI=1S/C26H31N3O5S2/c30-26(28-25-21-11-4-9-19(21)15-20-10-5-12-22(20)25)23(16-27-35(31)32)24-13-6-14-29(24)36(33,34)17-18-7-2-1-3-8-18/h1-3,7-8,15-16,24,27H,4-6,9-14,17H2,(H,28,30)(H,31,32)/p-1. The fourth-order valence-electron chi connectivity index (χ4n) is 5.83. The topological polar surface area (TPSA) is 119 Å². The molecule has 0 spiro atoms. The van der Waals surface area contributed by atoms with Gasteiger partial charge in [0, 0.05) is 29.7 Å². The van der Waals surface area contributed by atoms with Crippen molar-refractivity contribution in [1.82, 2.24) is 9.03 Å². The van der Waals surface area contributed by atoms with E-state index in [0.717, 1.165) is 61.5 Å². The van der Waals surface area contributed by atoms with Gasteiger partial charge in [-0.1, -0.05) is 36.4 Å². The second-order valence-corrected chi connectivity index (χ2v) is 12.3. The van der Waals surface area contributed by atoms with Gasteiger partial charge in [0.25, 0.3) is 5.91 Å². The Bertz CT molecular complexity index is 1290. The van der Waals surface area contributed by atoms with Gasteiger partial charge in [-0.15, -0.1) is 0 Å². The highest BCUT2D eigenvalue weighted by atomic mass is 32.2. The SMILES string of the molecule is O=C(Nc1c2c(cc3c1CCC3)CCC2)C(=CNS(=O)[O-])C1CCCN1S(=O)(=O)Cc1ccccc1. The molecule has 2 aromatic carbocycles. The number of benzene rings is 2. The molecule has 192 valence electrons. The maximum atomic E-state index is 13.7. The summed E-state index contributed by atoms with van der Waals surface area (Å²) >= 11 is -2.64. The average molecular weight is 529 g/mol. The molecule has 0 bridgehead atoms. The lowest BCUT2D eigenvalue weighted by molar-refractivity contribution is -0.113. The summed E-state index contributed by atoms with van der Waals surface area (Å²) in [6, 6.07) is 10.4. The zero-order chi connectivity index (χ0) is 25.3. The van der Waals surface area contributed by atoms with E-state index >= 15 is 0 Å². The molecular formula is C26H30N3O5S2-. The quantitative estimate of drug-likeness (QED) is 0.403. The predicted octanol–water partition coefficient (Wildman–Crippen LogP) is 2.86. The van der Waals surface area contributed by atoms with Gasteiger partial charge >= 0.3 is 0 Å². The molecule has 2 unspecified atom stereocenters. The van der Waals surface area contributed by atoms with E-state index in [2.05, 4.69) is 16.1 Å². The number of rotatable bonds is 8. The molecule has 2 N–H and O–H groups in total. The Labute approximate surface area is 214 Å². The average Bonchev–Trinajstić information content (AvgIpc) is 3.60. The molecule has 2 aliphatic carbocycles. The number of anilines is 1. The Morgan fingerprint density at radius 1 is 1.06 bits per heavy atom. The molecule has 10 heteroatoms. The zero-order valence-electron chi connectivity index (χ0n) is 20.0. The molecule has 1 saturated heterocycles. The molecule has 3 aliphatic rings. The minimum absolute atomic E-state index is 0.107. The van der Waals surface area contributed by atoms with E-state index < -0.39 is 33.2 Å². The van der Waals surface area contributed by atoms with Crippen molar-refractivity contribution in [3.8, 4) is 0 Å². The zero-order valence-corrected chi connectivity index (χ0v) is 21.6. The minimum Gasteiger partial charge on any atom is -0.755 e. The third kappa shape index (κ3) is 5.13. The molecule has 8 nitrogen and oxygen atoms in total. The normalized spacial score (nSPS) is 20.7. The Kier molecular flexibility index (Phi) is 7.30. The summed E-state index contributed by atoms with van der Waals surface area (Å²) in [4.78, 5) is 13.7. The van der Waals surface area contributed by atoms with Gasteiger partial charge in [0.05, 0.1) is 17.4 Å². The van der Waals surface area contributed by atoms with Crippen molar-refractivity contribution in [3.05, 3.63) is 76.0 Å². The van der Waals surface area contributed by atoms with Crippen LogP contribution in [0.15, 0.2) is 48.2 Å². The highest BCUT2D eigenvalue weighted by Gasteiger charge is 2.39. The molecule has 0 saturated carbocycles.